The van der Waals surface area contributed by atoms with Gasteiger partial charge in [-0.2, -0.15) is 5.10 Å². The first-order chi connectivity index (χ1) is 11.4. The quantitative estimate of drug-likeness (QED) is 0.641. The van der Waals surface area contributed by atoms with Crippen LogP contribution in [0, 0.1) is 23.4 Å². The number of halogens is 3. The molecule has 24 heavy (non-hydrogen) atoms. The molecule has 2 rings (SSSR count). The minimum atomic E-state index is -1.21. The molecule has 0 bridgehead atoms. The maximum Gasteiger partial charge on any atom is 0.212 e. The molecule has 1 aromatic carbocycles. The zero-order valence-corrected chi connectivity index (χ0v) is 14.3. The summed E-state index contributed by atoms with van der Waals surface area (Å²) in [5, 5.41) is 4.50. The van der Waals surface area contributed by atoms with Crippen molar-refractivity contribution in [1.29, 1.82) is 0 Å². The molecule has 0 saturated heterocycles. The molecule has 132 valence electrons. The van der Waals surface area contributed by atoms with E-state index in [1.54, 1.807) is 4.68 Å². The number of hydrogen-bond donors (Lipinski definition) is 0. The Balaban J connectivity index is 2.14. The third-order valence-corrected chi connectivity index (χ3v) is 3.68. The topological polar surface area (TPSA) is 27.1 Å². The number of nitrogens with zero attached hydrogens (tertiary/aromatic N) is 2. The first-order valence-corrected chi connectivity index (χ1v) is 8.23. The first kappa shape index (κ1) is 18.4. The van der Waals surface area contributed by atoms with Gasteiger partial charge in [0.2, 0.25) is 5.88 Å². The molecule has 0 N–H and O–H groups in total. The zero-order chi connectivity index (χ0) is 17.7. The molecule has 0 fully saturated rings. The third-order valence-electron chi connectivity index (χ3n) is 3.68. The van der Waals surface area contributed by atoms with Crippen molar-refractivity contribution in [2.45, 2.75) is 53.2 Å². The highest BCUT2D eigenvalue weighted by molar-refractivity contribution is 5.21. The fourth-order valence-electron chi connectivity index (χ4n) is 2.31. The summed E-state index contributed by atoms with van der Waals surface area (Å²) in [6.07, 6.45) is 2.71. The van der Waals surface area contributed by atoms with Crippen LogP contribution in [-0.2, 0) is 19.6 Å². The van der Waals surface area contributed by atoms with E-state index in [1.165, 1.54) is 0 Å². The maximum absolute atomic E-state index is 13.7. The van der Waals surface area contributed by atoms with Gasteiger partial charge in [0.25, 0.3) is 0 Å². The average molecular weight is 340 g/mol. The third kappa shape index (κ3) is 4.76. The average Bonchev–Trinajstić information content (AvgIpc) is 2.90. The van der Waals surface area contributed by atoms with E-state index < -0.39 is 17.5 Å². The fourth-order valence-corrected chi connectivity index (χ4v) is 2.31. The van der Waals surface area contributed by atoms with E-state index in [9.17, 15) is 13.2 Å². The highest BCUT2D eigenvalue weighted by atomic mass is 19.2. The van der Waals surface area contributed by atoms with Gasteiger partial charge in [-0.25, -0.2) is 17.9 Å². The van der Waals surface area contributed by atoms with Crippen LogP contribution in [0.4, 0.5) is 13.2 Å². The summed E-state index contributed by atoms with van der Waals surface area (Å²) >= 11 is 0. The minimum Gasteiger partial charge on any atom is -0.473 e. The predicted molar refractivity (Wildman–Crippen MR) is 86.3 cm³/mol. The van der Waals surface area contributed by atoms with Crippen LogP contribution >= 0.6 is 0 Å². The van der Waals surface area contributed by atoms with Crippen LogP contribution in [0.1, 0.15) is 44.9 Å². The second-order valence-electron chi connectivity index (χ2n) is 6.28. The Morgan fingerprint density at radius 1 is 1.08 bits per heavy atom. The molecule has 0 amide bonds. The summed E-state index contributed by atoms with van der Waals surface area (Å²) in [5.74, 6) is -2.09. The highest BCUT2D eigenvalue weighted by Gasteiger charge is 2.13. The Labute approximate surface area is 140 Å². The van der Waals surface area contributed by atoms with Crippen molar-refractivity contribution in [2.24, 2.45) is 5.92 Å². The Hall–Kier alpha value is -1.98. The molecule has 1 heterocycles. The van der Waals surface area contributed by atoms with Gasteiger partial charge >= 0.3 is 0 Å². The lowest BCUT2D eigenvalue weighted by Crippen LogP contribution is -2.08. The Morgan fingerprint density at radius 2 is 1.79 bits per heavy atom. The van der Waals surface area contributed by atoms with E-state index in [-0.39, 0.29) is 12.2 Å². The molecule has 0 aliphatic rings. The van der Waals surface area contributed by atoms with E-state index in [0.29, 0.717) is 24.4 Å². The van der Waals surface area contributed by atoms with Crippen LogP contribution in [0.2, 0.25) is 0 Å². The second kappa shape index (κ2) is 8.22. The zero-order valence-electron chi connectivity index (χ0n) is 14.3. The van der Waals surface area contributed by atoms with Crippen LogP contribution in [0.5, 0.6) is 5.88 Å². The molecule has 0 atom stereocenters. The summed E-state index contributed by atoms with van der Waals surface area (Å²) in [6, 6.07) is 3.18. The number of benzene rings is 1. The lowest BCUT2D eigenvalue weighted by atomic mass is 10.1. The molecule has 1 aromatic heterocycles. The van der Waals surface area contributed by atoms with Gasteiger partial charge in [-0.1, -0.05) is 27.2 Å². The molecular formula is C18H23F3N2O. The van der Waals surface area contributed by atoms with Gasteiger partial charge < -0.3 is 4.74 Å². The van der Waals surface area contributed by atoms with Crippen LogP contribution in [0.3, 0.4) is 0 Å². The number of hydrogen-bond acceptors (Lipinski definition) is 2. The van der Waals surface area contributed by atoms with Crippen molar-refractivity contribution in [3.8, 4) is 5.88 Å². The van der Waals surface area contributed by atoms with Crippen LogP contribution in [-0.4, -0.2) is 9.78 Å². The van der Waals surface area contributed by atoms with Crippen molar-refractivity contribution in [3.63, 3.8) is 0 Å². The molecule has 2 aromatic rings. The van der Waals surface area contributed by atoms with E-state index in [4.69, 9.17) is 4.74 Å². The van der Waals surface area contributed by atoms with Gasteiger partial charge in [-0.3, -0.25) is 0 Å². The summed E-state index contributed by atoms with van der Waals surface area (Å²) in [7, 11) is 0. The Bertz CT molecular complexity index is 683. The monoisotopic (exact) mass is 340 g/mol. The van der Waals surface area contributed by atoms with Gasteiger partial charge in [0.15, 0.2) is 11.6 Å². The second-order valence-corrected chi connectivity index (χ2v) is 6.28. The number of rotatable bonds is 8. The van der Waals surface area contributed by atoms with Crippen molar-refractivity contribution in [2.75, 3.05) is 0 Å². The van der Waals surface area contributed by atoms with E-state index in [2.05, 4.69) is 25.9 Å². The number of ether oxygens (including phenoxy) is 1. The molecule has 0 saturated carbocycles. The molecule has 0 radical (unpaired) electrons. The van der Waals surface area contributed by atoms with Gasteiger partial charge in [0, 0.05) is 24.2 Å². The van der Waals surface area contributed by atoms with Crippen molar-refractivity contribution in [1.82, 2.24) is 9.78 Å². The largest absolute Gasteiger partial charge is 0.473 e. The SMILES string of the molecule is CCCc1cc(OCc2cc(F)c(F)cc2F)n(CCC(C)C)n1. The predicted octanol–water partition coefficient (Wildman–Crippen LogP) is 4.88. The van der Waals surface area contributed by atoms with E-state index in [1.807, 2.05) is 6.07 Å². The molecule has 6 heteroatoms. The van der Waals surface area contributed by atoms with Crippen LogP contribution in [0.15, 0.2) is 18.2 Å². The number of aromatic nitrogens is 2. The van der Waals surface area contributed by atoms with Gasteiger partial charge in [-0.15, -0.1) is 0 Å². The standard InChI is InChI=1S/C18H23F3N2O/c1-4-5-14-9-18(23(22-14)7-6-12(2)3)24-11-13-8-16(20)17(21)10-15(13)19/h8-10,12H,4-7,11H2,1-3H3. The van der Waals surface area contributed by atoms with Crippen molar-refractivity contribution in [3.05, 3.63) is 46.9 Å². The fraction of sp³-hybridized carbons (Fsp3) is 0.500. The van der Waals surface area contributed by atoms with E-state index >= 15 is 0 Å². The Morgan fingerprint density at radius 3 is 2.46 bits per heavy atom. The molecule has 0 spiro atoms. The highest BCUT2D eigenvalue weighted by Crippen LogP contribution is 2.20. The molecular weight excluding hydrogens is 317 g/mol. The first-order valence-electron chi connectivity index (χ1n) is 8.23. The minimum absolute atomic E-state index is 0.0254. The van der Waals surface area contributed by atoms with Gasteiger partial charge in [0.1, 0.15) is 12.4 Å². The maximum atomic E-state index is 13.7. The summed E-state index contributed by atoms with van der Waals surface area (Å²) in [5.41, 5.74) is 0.879. The summed E-state index contributed by atoms with van der Waals surface area (Å²) in [4.78, 5) is 0. The smallest absolute Gasteiger partial charge is 0.212 e. The van der Waals surface area contributed by atoms with E-state index in [0.717, 1.165) is 31.0 Å². The lowest BCUT2D eigenvalue weighted by molar-refractivity contribution is 0.263. The number of aryl methyl sites for hydroxylation is 2. The Kier molecular flexibility index (Phi) is 6.29. The molecule has 0 unspecified atom stereocenters. The van der Waals surface area contributed by atoms with Gasteiger partial charge in [-0.05, 0) is 24.8 Å². The lowest BCUT2D eigenvalue weighted by Gasteiger charge is -2.11. The normalized spacial score (nSPS) is 11.3. The van der Waals surface area contributed by atoms with Crippen molar-refractivity contribution >= 4 is 0 Å². The molecule has 0 aliphatic carbocycles. The summed E-state index contributed by atoms with van der Waals surface area (Å²) < 4.78 is 47.3. The molecule has 3 nitrogen and oxygen atoms in total. The van der Waals surface area contributed by atoms with Crippen LogP contribution < -0.4 is 4.74 Å². The van der Waals surface area contributed by atoms with Gasteiger partial charge in [0.05, 0.1) is 5.69 Å². The van der Waals surface area contributed by atoms with Crippen molar-refractivity contribution < 1.29 is 17.9 Å². The summed E-state index contributed by atoms with van der Waals surface area (Å²) in [6.45, 7) is 6.81. The van der Waals surface area contributed by atoms with Crippen LogP contribution in [0.25, 0.3) is 0 Å². The molecule has 0 aliphatic heterocycles.